The maximum absolute atomic E-state index is 11.1. The van der Waals surface area contributed by atoms with Crippen molar-refractivity contribution in [2.24, 2.45) is 5.92 Å². The van der Waals surface area contributed by atoms with Crippen LogP contribution in [0, 0.1) is 5.92 Å². The highest BCUT2D eigenvalue weighted by molar-refractivity contribution is 7.98. The van der Waals surface area contributed by atoms with Crippen LogP contribution in [0.15, 0.2) is 0 Å². The van der Waals surface area contributed by atoms with E-state index in [-0.39, 0.29) is 0 Å². The van der Waals surface area contributed by atoms with Gasteiger partial charge in [-0.1, -0.05) is 13.8 Å². The first-order valence-corrected chi connectivity index (χ1v) is 6.31. The molecule has 0 fully saturated rings. The first kappa shape index (κ1) is 13.8. The molecule has 0 bridgehead atoms. The number of aliphatic hydroxyl groups excluding tert-OH is 1. The lowest BCUT2D eigenvalue weighted by atomic mass is 10.1. The van der Waals surface area contributed by atoms with Crippen molar-refractivity contribution in [2.45, 2.75) is 32.8 Å². The number of hydrogen-bond acceptors (Lipinski definition) is 4. The Labute approximate surface area is 90.2 Å². The fourth-order valence-electron chi connectivity index (χ4n) is 0.839. The molecule has 0 aromatic heterocycles. The van der Waals surface area contributed by atoms with Crippen LogP contribution in [0.4, 0.5) is 0 Å². The molecule has 0 saturated heterocycles. The zero-order valence-electron chi connectivity index (χ0n) is 9.16. The highest BCUT2D eigenvalue weighted by Crippen LogP contribution is 2.04. The standard InChI is InChI=1S/C10H20O3S/c1-8(2)4-6-13-10(12)9(11)5-7-14-3/h8-9,11H,4-7H2,1-3H3. The van der Waals surface area contributed by atoms with Crippen molar-refractivity contribution < 1.29 is 14.6 Å². The molecule has 0 aliphatic carbocycles. The molecule has 0 aliphatic heterocycles. The van der Waals surface area contributed by atoms with Crippen LogP contribution < -0.4 is 0 Å². The summed E-state index contributed by atoms with van der Waals surface area (Å²) in [5.41, 5.74) is 0. The van der Waals surface area contributed by atoms with E-state index in [0.29, 0.717) is 18.9 Å². The second-order valence-electron chi connectivity index (χ2n) is 3.65. The number of aliphatic hydroxyl groups is 1. The molecule has 84 valence electrons. The van der Waals surface area contributed by atoms with Crippen LogP contribution in [-0.2, 0) is 9.53 Å². The van der Waals surface area contributed by atoms with Crippen molar-refractivity contribution in [3.8, 4) is 0 Å². The van der Waals surface area contributed by atoms with Crippen LogP contribution >= 0.6 is 11.8 Å². The quantitative estimate of drug-likeness (QED) is 0.663. The van der Waals surface area contributed by atoms with Crippen LogP contribution in [0.2, 0.25) is 0 Å². The molecule has 3 nitrogen and oxygen atoms in total. The summed E-state index contributed by atoms with van der Waals surface area (Å²) in [5, 5.41) is 9.33. The second kappa shape index (κ2) is 8.12. The molecule has 0 rings (SSSR count). The van der Waals surface area contributed by atoms with Gasteiger partial charge in [0.05, 0.1) is 6.61 Å². The van der Waals surface area contributed by atoms with E-state index < -0.39 is 12.1 Å². The van der Waals surface area contributed by atoms with Gasteiger partial charge in [0.1, 0.15) is 0 Å². The van der Waals surface area contributed by atoms with Crippen LogP contribution in [0.3, 0.4) is 0 Å². The maximum atomic E-state index is 11.1. The van der Waals surface area contributed by atoms with Crippen LogP contribution in [0.1, 0.15) is 26.7 Å². The van der Waals surface area contributed by atoms with E-state index >= 15 is 0 Å². The summed E-state index contributed by atoms with van der Waals surface area (Å²) < 4.78 is 4.91. The van der Waals surface area contributed by atoms with E-state index in [2.05, 4.69) is 13.8 Å². The fraction of sp³-hybridized carbons (Fsp3) is 0.900. The average molecular weight is 220 g/mol. The highest BCUT2D eigenvalue weighted by atomic mass is 32.2. The summed E-state index contributed by atoms with van der Waals surface area (Å²) in [5.74, 6) is 0.811. The zero-order valence-corrected chi connectivity index (χ0v) is 9.97. The first-order valence-electron chi connectivity index (χ1n) is 4.91. The summed E-state index contributed by atoms with van der Waals surface area (Å²) in [6, 6.07) is 0. The second-order valence-corrected chi connectivity index (χ2v) is 4.63. The number of thioether (sulfide) groups is 1. The molecular formula is C10H20O3S. The summed E-state index contributed by atoms with van der Waals surface area (Å²) in [6.45, 7) is 4.54. The van der Waals surface area contributed by atoms with Crippen LogP contribution in [-0.4, -0.2) is 35.8 Å². The fourth-order valence-corrected chi connectivity index (χ4v) is 1.30. The zero-order chi connectivity index (χ0) is 11.0. The Bertz CT molecular complexity index is 159. The summed E-state index contributed by atoms with van der Waals surface area (Å²) in [6.07, 6.45) is 2.31. The Morgan fingerprint density at radius 1 is 1.43 bits per heavy atom. The van der Waals surface area contributed by atoms with Gasteiger partial charge in [0.2, 0.25) is 0 Å². The van der Waals surface area contributed by atoms with E-state index in [1.54, 1.807) is 11.8 Å². The Kier molecular flexibility index (Phi) is 7.99. The van der Waals surface area contributed by atoms with Crippen molar-refractivity contribution in [3.63, 3.8) is 0 Å². The number of esters is 1. The van der Waals surface area contributed by atoms with E-state index in [9.17, 15) is 9.90 Å². The molecule has 14 heavy (non-hydrogen) atoms. The van der Waals surface area contributed by atoms with Crippen LogP contribution in [0.25, 0.3) is 0 Å². The Balaban J connectivity index is 3.52. The Hall–Kier alpha value is -0.220. The summed E-state index contributed by atoms with van der Waals surface area (Å²) in [7, 11) is 0. The number of hydrogen-bond donors (Lipinski definition) is 1. The lowest BCUT2D eigenvalue weighted by Crippen LogP contribution is -2.24. The van der Waals surface area contributed by atoms with Gasteiger partial charge in [0.25, 0.3) is 0 Å². The molecule has 0 spiro atoms. The SMILES string of the molecule is CSCCC(O)C(=O)OCCC(C)C. The minimum atomic E-state index is -0.949. The van der Waals surface area contributed by atoms with Gasteiger partial charge >= 0.3 is 5.97 Å². The van der Waals surface area contributed by atoms with Gasteiger partial charge in [-0.25, -0.2) is 4.79 Å². The van der Waals surface area contributed by atoms with E-state index in [0.717, 1.165) is 12.2 Å². The molecule has 0 saturated carbocycles. The molecule has 0 aromatic carbocycles. The predicted octanol–water partition coefficient (Wildman–Crippen LogP) is 1.69. The summed E-state index contributed by atoms with van der Waals surface area (Å²) >= 11 is 1.61. The molecule has 4 heteroatoms. The molecule has 1 atom stereocenters. The molecular weight excluding hydrogens is 200 g/mol. The van der Waals surface area contributed by atoms with Gasteiger partial charge in [-0.2, -0.15) is 11.8 Å². The number of rotatable bonds is 7. The van der Waals surface area contributed by atoms with Gasteiger partial charge in [-0.3, -0.25) is 0 Å². The molecule has 0 amide bonds. The smallest absolute Gasteiger partial charge is 0.334 e. The van der Waals surface area contributed by atoms with E-state index in [1.807, 2.05) is 6.26 Å². The normalized spacial score (nSPS) is 12.9. The average Bonchev–Trinajstić information content (AvgIpc) is 2.13. The topological polar surface area (TPSA) is 46.5 Å². The largest absolute Gasteiger partial charge is 0.464 e. The predicted molar refractivity (Wildman–Crippen MR) is 59.4 cm³/mol. The highest BCUT2D eigenvalue weighted by Gasteiger charge is 2.15. The summed E-state index contributed by atoms with van der Waals surface area (Å²) in [4.78, 5) is 11.1. The van der Waals surface area contributed by atoms with Crippen molar-refractivity contribution in [1.82, 2.24) is 0 Å². The third kappa shape index (κ3) is 7.21. The van der Waals surface area contributed by atoms with Crippen molar-refractivity contribution in [2.75, 3.05) is 18.6 Å². The monoisotopic (exact) mass is 220 g/mol. The number of carbonyl (C=O) groups excluding carboxylic acids is 1. The maximum Gasteiger partial charge on any atom is 0.334 e. The molecule has 0 radical (unpaired) electrons. The minimum absolute atomic E-state index is 0.410. The Morgan fingerprint density at radius 3 is 2.57 bits per heavy atom. The number of ether oxygens (including phenoxy) is 1. The van der Waals surface area contributed by atoms with Gasteiger partial charge in [-0.15, -0.1) is 0 Å². The van der Waals surface area contributed by atoms with E-state index in [1.165, 1.54) is 0 Å². The molecule has 0 aromatic rings. The molecule has 1 unspecified atom stereocenters. The lowest BCUT2D eigenvalue weighted by molar-refractivity contribution is -0.153. The third-order valence-corrected chi connectivity index (χ3v) is 2.45. The Morgan fingerprint density at radius 2 is 2.07 bits per heavy atom. The van der Waals surface area contributed by atoms with Crippen molar-refractivity contribution in [3.05, 3.63) is 0 Å². The van der Waals surface area contributed by atoms with E-state index in [4.69, 9.17) is 4.74 Å². The van der Waals surface area contributed by atoms with Gasteiger partial charge in [0.15, 0.2) is 6.10 Å². The van der Waals surface area contributed by atoms with Crippen molar-refractivity contribution in [1.29, 1.82) is 0 Å². The van der Waals surface area contributed by atoms with Gasteiger partial charge in [-0.05, 0) is 30.8 Å². The van der Waals surface area contributed by atoms with Gasteiger partial charge < -0.3 is 9.84 Å². The number of carbonyl (C=O) groups is 1. The van der Waals surface area contributed by atoms with Gasteiger partial charge in [0, 0.05) is 0 Å². The molecule has 0 heterocycles. The third-order valence-electron chi connectivity index (χ3n) is 1.81. The molecule has 0 aliphatic rings. The minimum Gasteiger partial charge on any atom is -0.464 e. The van der Waals surface area contributed by atoms with Crippen molar-refractivity contribution >= 4 is 17.7 Å². The first-order chi connectivity index (χ1) is 6.57. The molecule has 1 N–H and O–H groups in total. The van der Waals surface area contributed by atoms with Crippen LogP contribution in [0.5, 0.6) is 0 Å². The lowest BCUT2D eigenvalue weighted by Gasteiger charge is -2.10.